The van der Waals surface area contributed by atoms with E-state index in [0.717, 1.165) is 0 Å². The third-order valence-corrected chi connectivity index (χ3v) is 1.87. The molecule has 0 radical (unpaired) electrons. The lowest BCUT2D eigenvalue weighted by atomic mass is 10.3. The van der Waals surface area contributed by atoms with Crippen molar-refractivity contribution in [3.05, 3.63) is 22.2 Å². The molecule has 0 saturated heterocycles. The fourth-order valence-electron chi connectivity index (χ4n) is 1.16. The second-order valence-electron chi connectivity index (χ2n) is 3.25. The van der Waals surface area contributed by atoms with E-state index in [2.05, 4.69) is 15.0 Å². The van der Waals surface area contributed by atoms with Gasteiger partial charge in [0.05, 0.1) is 11.5 Å². The molecule has 9 heteroatoms. The Morgan fingerprint density at radius 2 is 2.28 bits per heavy atom. The first-order valence-electron chi connectivity index (χ1n) is 5.01. The molecule has 0 unspecified atom stereocenters. The van der Waals surface area contributed by atoms with Gasteiger partial charge in [-0.15, -0.1) is 0 Å². The minimum atomic E-state index is -2.54. The zero-order valence-corrected chi connectivity index (χ0v) is 9.31. The summed E-state index contributed by atoms with van der Waals surface area (Å²) in [7, 11) is 0. The molecule has 3 N–H and O–H groups in total. The first-order valence-corrected chi connectivity index (χ1v) is 5.01. The quantitative estimate of drug-likeness (QED) is 0.435. The zero-order chi connectivity index (χ0) is 13.5. The molecule has 0 aliphatic rings. The van der Waals surface area contributed by atoms with E-state index in [0.29, 0.717) is 0 Å². The molecule has 1 aromatic rings. The third-order valence-electron chi connectivity index (χ3n) is 1.87. The van der Waals surface area contributed by atoms with Gasteiger partial charge < -0.3 is 15.8 Å². The van der Waals surface area contributed by atoms with Gasteiger partial charge in [-0.25, -0.2) is 13.8 Å². The van der Waals surface area contributed by atoms with Crippen molar-refractivity contribution in [2.24, 2.45) is 0 Å². The van der Waals surface area contributed by atoms with Gasteiger partial charge in [0.25, 0.3) is 6.43 Å². The van der Waals surface area contributed by atoms with Crippen LogP contribution in [0.1, 0.15) is 0 Å². The monoisotopic (exact) mass is 262 g/mol. The SMILES string of the molecule is Nc1ccc([N+](=O)[O-])c(NCCOCC(F)F)n1. The number of alkyl halides is 2. The van der Waals surface area contributed by atoms with Crippen molar-refractivity contribution in [2.75, 3.05) is 30.8 Å². The van der Waals surface area contributed by atoms with Crippen molar-refractivity contribution < 1.29 is 18.4 Å². The van der Waals surface area contributed by atoms with Crippen LogP contribution in [-0.4, -0.2) is 36.1 Å². The van der Waals surface area contributed by atoms with Crippen molar-refractivity contribution in [1.82, 2.24) is 4.98 Å². The summed E-state index contributed by atoms with van der Waals surface area (Å²) in [6.07, 6.45) is -2.54. The highest BCUT2D eigenvalue weighted by Gasteiger charge is 2.14. The molecule has 1 rings (SSSR count). The van der Waals surface area contributed by atoms with Gasteiger partial charge in [-0.3, -0.25) is 10.1 Å². The number of rotatable bonds is 7. The second-order valence-corrected chi connectivity index (χ2v) is 3.25. The normalized spacial score (nSPS) is 10.6. The molecular weight excluding hydrogens is 250 g/mol. The molecular formula is C9H12F2N4O3. The number of aromatic nitrogens is 1. The Bertz CT molecular complexity index is 417. The van der Waals surface area contributed by atoms with Crippen LogP contribution in [-0.2, 0) is 4.74 Å². The second kappa shape index (κ2) is 6.64. The van der Waals surface area contributed by atoms with E-state index in [1.165, 1.54) is 12.1 Å². The van der Waals surface area contributed by atoms with Crippen LogP contribution < -0.4 is 11.1 Å². The summed E-state index contributed by atoms with van der Waals surface area (Å²) in [5, 5.41) is 13.3. The number of pyridine rings is 1. The minimum Gasteiger partial charge on any atom is -0.384 e. The molecule has 0 aliphatic heterocycles. The molecule has 0 aliphatic carbocycles. The number of nitrogen functional groups attached to an aromatic ring is 1. The van der Waals surface area contributed by atoms with E-state index in [4.69, 9.17) is 5.73 Å². The van der Waals surface area contributed by atoms with E-state index >= 15 is 0 Å². The van der Waals surface area contributed by atoms with Gasteiger partial charge in [-0.2, -0.15) is 0 Å². The maximum Gasteiger partial charge on any atom is 0.311 e. The number of nitrogens with zero attached hydrogens (tertiary/aromatic N) is 2. The lowest BCUT2D eigenvalue weighted by molar-refractivity contribution is -0.384. The molecule has 18 heavy (non-hydrogen) atoms. The summed E-state index contributed by atoms with van der Waals surface area (Å²) in [5.41, 5.74) is 5.16. The van der Waals surface area contributed by atoms with Gasteiger partial charge in [0.1, 0.15) is 12.4 Å². The van der Waals surface area contributed by atoms with Gasteiger partial charge in [0.15, 0.2) is 0 Å². The van der Waals surface area contributed by atoms with Gasteiger partial charge >= 0.3 is 5.69 Å². The zero-order valence-electron chi connectivity index (χ0n) is 9.31. The van der Waals surface area contributed by atoms with Crippen molar-refractivity contribution in [1.29, 1.82) is 0 Å². The van der Waals surface area contributed by atoms with E-state index in [1.807, 2.05) is 0 Å². The topological polar surface area (TPSA) is 103 Å². The average molecular weight is 262 g/mol. The molecule has 0 fully saturated rings. The number of anilines is 2. The summed E-state index contributed by atoms with van der Waals surface area (Å²) in [5.74, 6) is 0.109. The van der Waals surface area contributed by atoms with Gasteiger partial charge in [0.2, 0.25) is 5.82 Å². The summed E-state index contributed by atoms with van der Waals surface area (Å²) >= 11 is 0. The fraction of sp³-hybridized carbons (Fsp3) is 0.444. The van der Waals surface area contributed by atoms with Crippen molar-refractivity contribution in [3.8, 4) is 0 Å². The van der Waals surface area contributed by atoms with Crippen LogP contribution in [0.15, 0.2) is 12.1 Å². The predicted molar refractivity (Wildman–Crippen MR) is 60.6 cm³/mol. The predicted octanol–water partition coefficient (Wildman–Crippen LogP) is 1.27. The molecule has 1 aromatic heterocycles. The largest absolute Gasteiger partial charge is 0.384 e. The number of halogens is 2. The lowest BCUT2D eigenvalue weighted by Crippen LogP contribution is -2.14. The van der Waals surface area contributed by atoms with E-state index in [-0.39, 0.29) is 30.5 Å². The molecule has 1 heterocycles. The molecule has 0 bridgehead atoms. The Kier molecular flexibility index (Phi) is 5.18. The maximum atomic E-state index is 11.7. The summed E-state index contributed by atoms with van der Waals surface area (Å²) in [4.78, 5) is 13.8. The van der Waals surface area contributed by atoms with Crippen molar-refractivity contribution in [3.63, 3.8) is 0 Å². The minimum absolute atomic E-state index is 0.0133. The Morgan fingerprint density at radius 1 is 1.56 bits per heavy atom. The molecule has 0 spiro atoms. The van der Waals surface area contributed by atoms with Crippen LogP contribution in [0.4, 0.5) is 26.1 Å². The number of ether oxygens (including phenoxy) is 1. The number of hydrogen-bond acceptors (Lipinski definition) is 6. The molecule has 0 saturated carbocycles. The molecule has 100 valence electrons. The van der Waals surface area contributed by atoms with Crippen LogP contribution in [0.25, 0.3) is 0 Å². The summed E-state index contributed by atoms with van der Waals surface area (Å²) in [6, 6.07) is 2.52. The summed E-state index contributed by atoms with van der Waals surface area (Å²) < 4.78 is 28.1. The standard InChI is InChI=1S/C9H12F2N4O3/c10-7(11)5-18-4-3-13-9-6(15(16)17)1-2-8(12)14-9/h1-2,7H,3-5H2,(H3,12,13,14). The first kappa shape index (κ1) is 14.0. The molecule has 0 amide bonds. The Morgan fingerprint density at radius 3 is 2.89 bits per heavy atom. The van der Waals surface area contributed by atoms with Gasteiger partial charge in [0, 0.05) is 12.6 Å². The highest BCUT2D eigenvalue weighted by Crippen LogP contribution is 2.22. The highest BCUT2D eigenvalue weighted by molar-refractivity contribution is 5.59. The van der Waals surface area contributed by atoms with E-state index in [1.54, 1.807) is 0 Å². The number of nitro groups is 1. The van der Waals surface area contributed by atoms with Gasteiger partial charge in [-0.1, -0.05) is 0 Å². The van der Waals surface area contributed by atoms with Crippen LogP contribution in [0.2, 0.25) is 0 Å². The Hall–Kier alpha value is -2.03. The number of hydrogen-bond donors (Lipinski definition) is 2. The Labute approximate surface area is 101 Å². The summed E-state index contributed by atoms with van der Waals surface area (Å²) in [6.45, 7) is -0.573. The van der Waals surface area contributed by atoms with Crippen LogP contribution >= 0.6 is 0 Å². The Balaban J connectivity index is 2.50. The maximum absolute atomic E-state index is 11.7. The third kappa shape index (κ3) is 4.45. The van der Waals surface area contributed by atoms with Crippen molar-refractivity contribution >= 4 is 17.3 Å². The van der Waals surface area contributed by atoms with E-state index < -0.39 is 18.0 Å². The smallest absolute Gasteiger partial charge is 0.311 e. The fourth-order valence-corrected chi connectivity index (χ4v) is 1.16. The average Bonchev–Trinajstić information content (AvgIpc) is 2.27. The number of nitrogens with one attached hydrogen (secondary N) is 1. The number of nitrogens with two attached hydrogens (primary N) is 1. The molecule has 0 aromatic carbocycles. The molecule has 7 nitrogen and oxygen atoms in total. The van der Waals surface area contributed by atoms with Gasteiger partial charge in [-0.05, 0) is 6.07 Å². The van der Waals surface area contributed by atoms with E-state index in [9.17, 15) is 18.9 Å². The first-order chi connectivity index (χ1) is 8.50. The van der Waals surface area contributed by atoms with Crippen molar-refractivity contribution in [2.45, 2.75) is 6.43 Å². The van der Waals surface area contributed by atoms with Crippen LogP contribution in [0, 0.1) is 10.1 Å². The molecule has 0 atom stereocenters. The van der Waals surface area contributed by atoms with Crippen LogP contribution in [0.5, 0.6) is 0 Å². The lowest BCUT2D eigenvalue weighted by Gasteiger charge is -2.07. The van der Waals surface area contributed by atoms with Crippen LogP contribution in [0.3, 0.4) is 0 Å². The highest BCUT2D eigenvalue weighted by atomic mass is 19.3.